The van der Waals surface area contributed by atoms with Crippen molar-refractivity contribution in [3.63, 3.8) is 0 Å². The number of unbranched alkanes of at least 4 members (excludes halogenated alkanes) is 10. The predicted molar refractivity (Wildman–Crippen MR) is 132 cm³/mol. The van der Waals surface area contributed by atoms with Crippen LogP contribution in [0.4, 0.5) is 0 Å². The maximum Gasteiger partial charge on any atom is 0.305 e. The zero-order valence-electron chi connectivity index (χ0n) is 20.0. The van der Waals surface area contributed by atoms with Gasteiger partial charge in [0.25, 0.3) is 0 Å². The minimum atomic E-state index is -0.0877. The average Bonchev–Trinajstić information content (AvgIpc) is 2.82. The average molecular weight is 437 g/mol. The molecular formula is C29H40O3. The second-order valence-corrected chi connectivity index (χ2v) is 8.86. The first kappa shape index (κ1) is 25.8. The van der Waals surface area contributed by atoms with Gasteiger partial charge in [0.05, 0.1) is 7.11 Å². The van der Waals surface area contributed by atoms with Gasteiger partial charge in [-0.3, -0.25) is 9.59 Å². The quantitative estimate of drug-likeness (QED) is 0.154. The summed E-state index contributed by atoms with van der Waals surface area (Å²) in [6.45, 7) is 2.03. The molecule has 0 amide bonds. The minimum absolute atomic E-state index is 0.0877. The van der Waals surface area contributed by atoms with E-state index in [0.29, 0.717) is 6.42 Å². The Kier molecular flexibility index (Phi) is 12.4. The normalized spacial score (nSPS) is 10.8. The van der Waals surface area contributed by atoms with E-state index in [1.807, 2.05) is 43.3 Å². The Morgan fingerprint density at radius 1 is 0.625 bits per heavy atom. The van der Waals surface area contributed by atoms with Crippen LogP contribution in [0.15, 0.2) is 48.5 Å². The Morgan fingerprint density at radius 2 is 1.06 bits per heavy atom. The maximum absolute atomic E-state index is 12.6. The van der Waals surface area contributed by atoms with Gasteiger partial charge in [0.15, 0.2) is 5.78 Å². The molecule has 0 aliphatic carbocycles. The number of hydrogen-bond acceptors (Lipinski definition) is 3. The van der Waals surface area contributed by atoms with Crippen LogP contribution in [0.25, 0.3) is 0 Å². The molecule has 3 heteroatoms. The Hall–Kier alpha value is -2.42. The van der Waals surface area contributed by atoms with Gasteiger partial charge in [-0.05, 0) is 31.7 Å². The van der Waals surface area contributed by atoms with Crippen LogP contribution in [0.1, 0.15) is 104 Å². The van der Waals surface area contributed by atoms with Crippen molar-refractivity contribution in [3.8, 4) is 0 Å². The molecule has 3 nitrogen and oxygen atoms in total. The van der Waals surface area contributed by atoms with Gasteiger partial charge in [-0.1, -0.05) is 112 Å². The standard InChI is InChI=1S/C29H40O3/c1-24-16-20-26(21-17-24)29(31)27-22-18-25(19-23-27)14-12-10-8-6-4-3-5-7-9-11-13-15-28(30)32-2/h16-23H,3-15H2,1-2H3. The molecule has 0 aliphatic heterocycles. The molecule has 2 aromatic rings. The summed E-state index contributed by atoms with van der Waals surface area (Å²) in [5.41, 5.74) is 4.00. The molecule has 2 rings (SSSR count). The van der Waals surface area contributed by atoms with Gasteiger partial charge in [-0.25, -0.2) is 0 Å². The van der Waals surface area contributed by atoms with Crippen molar-refractivity contribution in [2.24, 2.45) is 0 Å². The first-order valence-electron chi connectivity index (χ1n) is 12.4. The maximum atomic E-state index is 12.6. The lowest BCUT2D eigenvalue weighted by Crippen LogP contribution is -2.01. The van der Waals surface area contributed by atoms with Crippen LogP contribution >= 0.6 is 0 Å². The van der Waals surface area contributed by atoms with Crippen molar-refractivity contribution in [2.75, 3.05) is 7.11 Å². The molecule has 0 fully saturated rings. The SMILES string of the molecule is COC(=O)CCCCCCCCCCCCCc1ccc(C(=O)c2ccc(C)cc2)cc1. The number of ketones is 1. The number of methoxy groups -OCH3 is 1. The molecular weight excluding hydrogens is 396 g/mol. The van der Waals surface area contributed by atoms with Crippen molar-refractivity contribution in [3.05, 3.63) is 70.8 Å². The van der Waals surface area contributed by atoms with Crippen molar-refractivity contribution < 1.29 is 14.3 Å². The third-order valence-corrected chi connectivity index (χ3v) is 6.10. The second kappa shape index (κ2) is 15.4. The summed E-state index contributed by atoms with van der Waals surface area (Å²) in [7, 11) is 1.45. The molecule has 0 heterocycles. The molecule has 0 radical (unpaired) electrons. The molecule has 0 N–H and O–H groups in total. The van der Waals surface area contributed by atoms with E-state index >= 15 is 0 Å². The fraction of sp³-hybridized carbons (Fsp3) is 0.517. The van der Waals surface area contributed by atoms with Gasteiger partial charge < -0.3 is 4.74 Å². The molecule has 0 atom stereocenters. The molecule has 0 spiro atoms. The highest BCUT2D eigenvalue weighted by Crippen LogP contribution is 2.16. The van der Waals surface area contributed by atoms with Gasteiger partial charge in [0, 0.05) is 17.5 Å². The summed E-state index contributed by atoms with van der Waals surface area (Å²) >= 11 is 0. The Balaban J connectivity index is 1.48. The number of esters is 1. The molecule has 32 heavy (non-hydrogen) atoms. The lowest BCUT2D eigenvalue weighted by Gasteiger charge is -2.05. The predicted octanol–water partition coefficient (Wildman–Crippen LogP) is 7.62. The summed E-state index contributed by atoms with van der Waals surface area (Å²) in [6.07, 6.45) is 15.3. The molecule has 0 aliphatic rings. The van der Waals surface area contributed by atoms with Crippen LogP contribution < -0.4 is 0 Å². The zero-order valence-corrected chi connectivity index (χ0v) is 20.0. The van der Waals surface area contributed by atoms with Gasteiger partial charge in [0.2, 0.25) is 0 Å². The first-order valence-corrected chi connectivity index (χ1v) is 12.4. The van der Waals surface area contributed by atoms with Crippen molar-refractivity contribution in [1.29, 1.82) is 0 Å². The van der Waals surface area contributed by atoms with E-state index in [4.69, 9.17) is 0 Å². The monoisotopic (exact) mass is 436 g/mol. The molecule has 0 unspecified atom stereocenters. The summed E-state index contributed by atoms with van der Waals surface area (Å²) in [5.74, 6) is 0.00738. The number of carbonyl (C=O) groups excluding carboxylic acids is 2. The first-order chi connectivity index (χ1) is 15.6. The molecule has 0 aromatic heterocycles. The van der Waals surface area contributed by atoms with E-state index in [1.54, 1.807) is 0 Å². The van der Waals surface area contributed by atoms with E-state index in [-0.39, 0.29) is 11.8 Å². The van der Waals surface area contributed by atoms with Crippen LogP contribution in [0.3, 0.4) is 0 Å². The van der Waals surface area contributed by atoms with Crippen LogP contribution in [0.2, 0.25) is 0 Å². The van der Waals surface area contributed by atoms with Gasteiger partial charge in [-0.15, -0.1) is 0 Å². The van der Waals surface area contributed by atoms with Crippen molar-refractivity contribution in [2.45, 2.75) is 90.4 Å². The van der Waals surface area contributed by atoms with Crippen molar-refractivity contribution >= 4 is 11.8 Å². The number of benzene rings is 2. The largest absolute Gasteiger partial charge is 0.469 e. The molecule has 174 valence electrons. The molecule has 0 saturated heterocycles. The van der Waals surface area contributed by atoms with E-state index < -0.39 is 0 Å². The van der Waals surface area contributed by atoms with Crippen LogP contribution in [0, 0.1) is 6.92 Å². The summed E-state index contributed by atoms with van der Waals surface area (Å²) in [5, 5.41) is 0. The van der Waals surface area contributed by atoms with E-state index in [0.717, 1.165) is 30.4 Å². The number of aryl methyl sites for hydroxylation is 2. The minimum Gasteiger partial charge on any atom is -0.469 e. The topological polar surface area (TPSA) is 43.4 Å². The van der Waals surface area contributed by atoms with E-state index in [1.165, 1.54) is 76.0 Å². The highest BCUT2D eigenvalue weighted by molar-refractivity contribution is 6.08. The van der Waals surface area contributed by atoms with E-state index in [9.17, 15) is 9.59 Å². The third-order valence-electron chi connectivity index (χ3n) is 6.10. The highest BCUT2D eigenvalue weighted by Gasteiger charge is 2.08. The third kappa shape index (κ3) is 10.3. The van der Waals surface area contributed by atoms with Crippen molar-refractivity contribution in [1.82, 2.24) is 0 Å². The molecule has 2 aromatic carbocycles. The Bertz CT molecular complexity index is 790. The highest BCUT2D eigenvalue weighted by atomic mass is 16.5. The molecule has 0 saturated carbocycles. The smallest absolute Gasteiger partial charge is 0.305 e. The summed E-state index contributed by atoms with van der Waals surface area (Å²) < 4.78 is 4.66. The van der Waals surface area contributed by atoms with Gasteiger partial charge in [-0.2, -0.15) is 0 Å². The lowest BCUT2D eigenvalue weighted by atomic mass is 9.99. The number of rotatable bonds is 16. The van der Waals surface area contributed by atoms with Crippen LogP contribution in [-0.4, -0.2) is 18.9 Å². The number of carbonyl (C=O) groups is 2. The van der Waals surface area contributed by atoms with Gasteiger partial charge in [0.1, 0.15) is 0 Å². The lowest BCUT2D eigenvalue weighted by molar-refractivity contribution is -0.140. The van der Waals surface area contributed by atoms with E-state index in [2.05, 4.69) is 16.9 Å². The Labute approximate surface area is 194 Å². The summed E-state index contributed by atoms with van der Waals surface area (Å²) in [4.78, 5) is 23.6. The van der Waals surface area contributed by atoms with Crippen LogP contribution in [0.5, 0.6) is 0 Å². The molecule has 0 bridgehead atoms. The fourth-order valence-corrected chi connectivity index (χ4v) is 3.99. The Morgan fingerprint density at radius 3 is 1.56 bits per heavy atom. The van der Waals surface area contributed by atoms with Gasteiger partial charge >= 0.3 is 5.97 Å². The fourth-order valence-electron chi connectivity index (χ4n) is 3.99. The van der Waals surface area contributed by atoms with Crippen LogP contribution in [-0.2, 0) is 16.0 Å². The second-order valence-electron chi connectivity index (χ2n) is 8.86. The number of ether oxygens (including phenoxy) is 1. The summed E-state index contributed by atoms with van der Waals surface area (Å²) in [6, 6.07) is 15.9. The zero-order chi connectivity index (χ0) is 23.0. The number of hydrogen-bond donors (Lipinski definition) is 0.